The molecule has 2 heteroatoms. The molecule has 0 unspecified atom stereocenters. The van der Waals surface area contributed by atoms with Crippen molar-refractivity contribution in [1.82, 2.24) is 0 Å². The number of allylic oxidation sites excluding steroid dienone is 1. The quantitative estimate of drug-likeness (QED) is 0.813. The monoisotopic (exact) mass is 266 g/mol. The fourth-order valence-electron chi connectivity index (χ4n) is 2.46. The molecule has 0 atom stereocenters. The smallest absolute Gasteiger partial charge is 0.0320 e. The van der Waals surface area contributed by atoms with E-state index in [4.69, 9.17) is 11.5 Å². The lowest BCUT2D eigenvalue weighted by Gasteiger charge is -2.27. The van der Waals surface area contributed by atoms with Crippen LogP contribution in [0.1, 0.15) is 31.4 Å². The van der Waals surface area contributed by atoms with E-state index in [-0.39, 0.29) is 5.41 Å². The number of hydrogen-bond acceptors (Lipinski definition) is 2. The molecule has 2 rings (SSSR count). The Labute approximate surface area is 121 Å². The zero-order valence-electron chi connectivity index (χ0n) is 12.2. The molecule has 0 aliphatic rings. The number of nitrogen functional groups attached to an aromatic ring is 2. The van der Waals surface area contributed by atoms with Gasteiger partial charge in [0.2, 0.25) is 0 Å². The van der Waals surface area contributed by atoms with Crippen molar-refractivity contribution in [3.05, 3.63) is 66.2 Å². The Balaban J connectivity index is 2.22. The van der Waals surface area contributed by atoms with Gasteiger partial charge in [-0.05, 0) is 52.8 Å². The minimum absolute atomic E-state index is 0.0168. The fraction of sp³-hybridized carbons (Fsp3) is 0.222. The Bertz CT molecular complexity index is 627. The first kappa shape index (κ1) is 14.2. The largest absolute Gasteiger partial charge is 0.399 e. The van der Waals surface area contributed by atoms with Crippen molar-refractivity contribution < 1.29 is 0 Å². The van der Waals surface area contributed by atoms with Gasteiger partial charge in [0.05, 0.1) is 0 Å². The average molecular weight is 266 g/mol. The van der Waals surface area contributed by atoms with E-state index < -0.39 is 0 Å². The van der Waals surface area contributed by atoms with Crippen LogP contribution >= 0.6 is 0 Å². The van der Waals surface area contributed by atoms with Gasteiger partial charge >= 0.3 is 0 Å². The summed E-state index contributed by atoms with van der Waals surface area (Å²) in [4.78, 5) is 0. The number of anilines is 2. The Morgan fingerprint density at radius 2 is 1.60 bits per heavy atom. The maximum absolute atomic E-state index is 5.88. The molecule has 0 fully saturated rings. The Morgan fingerprint density at radius 1 is 1.00 bits per heavy atom. The van der Waals surface area contributed by atoms with Crippen molar-refractivity contribution in [3.63, 3.8) is 0 Å². The normalized spacial score (nSPS) is 11.3. The number of rotatable bonds is 4. The van der Waals surface area contributed by atoms with E-state index >= 15 is 0 Å². The highest BCUT2D eigenvalue weighted by atomic mass is 14.5. The molecule has 0 saturated heterocycles. The van der Waals surface area contributed by atoms with Gasteiger partial charge in [-0.2, -0.15) is 0 Å². The van der Waals surface area contributed by atoms with Crippen molar-refractivity contribution in [1.29, 1.82) is 0 Å². The minimum atomic E-state index is -0.0168. The zero-order chi connectivity index (χ0) is 14.8. The molecular formula is C18H22N2. The van der Waals surface area contributed by atoms with Gasteiger partial charge in [0.15, 0.2) is 0 Å². The van der Waals surface area contributed by atoms with Crippen LogP contribution in [0.3, 0.4) is 0 Å². The first-order chi connectivity index (χ1) is 9.38. The van der Waals surface area contributed by atoms with Crippen LogP contribution in [-0.4, -0.2) is 0 Å². The second kappa shape index (κ2) is 5.41. The molecule has 0 aromatic heterocycles. The van der Waals surface area contributed by atoms with E-state index in [2.05, 4.69) is 26.5 Å². The average Bonchev–Trinajstić information content (AvgIpc) is 2.38. The van der Waals surface area contributed by atoms with Crippen molar-refractivity contribution in [2.45, 2.75) is 25.7 Å². The number of hydrogen-bond donors (Lipinski definition) is 2. The fourth-order valence-corrected chi connectivity index (χ4v) is 2.46. The lowest BCUT2D eigenvalue weighted by Crippen LogP contribution is -2.17. The summed E-state index contributed by atoms with van der Waals surface area (Å²) in [6, 6.07) is 15.9. The van der Waals surface area contributed by atoms with Crippen molar-refractivity contribution in [2.24, 2.45) is 0 Å². The predicted octanol–water partition coefficient (Wildman–Crippen LogP) is 4.23. The highest BCUT2D eigenvalue weighted by Gasteiger charge is 2.22. The van der Waals surface area contributed by atoms with Crippen LogP contribution < -0.4 is 11.5 Å². The zero-order valence-corrected chi connectivity index (χ0v) is 12.2. The molecule has 4 N–H and O–H groups in total. The van der Waals surface area contributed by atoms with Crippen molar-refractivity contribution in [2.75, 3.05) is 11.5 Å². The van der Waals surface area contributed by atoms with Crippen molar-refractivity contribution in [3.8, 4) is 0 Å². The third-order valence-corrected chi connectivity index (χ3v) is 3.62. The SMILES string of the molecule is C=C(CC(C)(C)c1cccc(N)c1)c1cccc(N)c1. The molecule has 0 bridgehead atoms. The van der Waals surface area contributed by atoms with Gasteiger partial charge in [0, 0.05) is 11.4 Å². The first-order valence-electron chi connectivity index (χ1n) is 6.78. The summed E-state index contributed by atoms with van der Waals surface area (Å²) in [6.07, 6.45) is 0.861. The summed E-state index contributed by atoms with van der Waals surface area (Å²) < 4.78 is 0. The summed E-state index contributed by atoms with van der Waals surface area (Å²) in [5, 5.41) is 0. The molecule has 0 heterocycles. The van der Waals surface area contributed by atoms with Gasteiger partial charge in [-0.25, -0.2) is 0 Å². The molecular weight excluding hydrogens is 244 g/mol. The second-order valence-corrected chi connectivity index (χ2v) is 5.92. The van der Waals surface area contributed by atoms with E-state index in [1.165, 1.54) is 5.56 Å². The van der Waals surface area contributed by atoms with Crippen molar-refractivity contribution >= 4 is 16.9 Å². The first-order valence-corrected chi connectivity index (χ1v) is 6.78. The molecule has 0 radical (unpaired) electrons. The molecule has 2 aromatic carbocycles. The minimum Gasteiger partial charge on any atom is -0.399 e. The summed E-state index contributed by atoms with van der Waals surface area (Å²) in [7, 11) is 0. The molecule has 2 aromatic rings. The molecule has 0 spiro atoms. The van der Waals surface area contributed by atoms with Crippen LogP contribution in [0.15, 0.2) is 55.1 Å². The van der Waals surface area contributed by atoms with E-state index in [1.54, 1.807) is 0 Å². The van der Waals surface area contributed by atoms with E-state index in [9.17, 15) is 0 Å². The molecule has 0 aliphatic heterocycles. The summed E-state index contributed by atoms with van der Waals surface area (Å²) >= 11 is 0. The Kier molecular flexibility index (Phi) is 3.84. The lowest BCUT2D eigenvalue weighted by molar-refractivity contribution is 0.542. The van der Waals surface area contributed by atoms with E-state index in [1.807, 2.05) is 42.5 Å². The standard InChI is InChI=1S/C18H22N2/c1-13(14-6-4-8-16(19)10-14)12-18(2,3)15-7-5-9-17(20)11-15/h4-11H,1,12,19-20H2,2-3H3. The topological polar surface area (TPSA) is 52.0 Å². The summed E-state index contributed by atoms with van der Waals surface area (Å²) in [5.41, 5.74) is 16.7. The molecule has 0 saturated carbocycles. The van der Waals surface area contributed by atoms with Crippen LogP contribution in [0.2, 0.25) is 0 Å². The highest BCUT2D eigenvalue weighted by Crippen LogP contribution is 2.34. The highest BCUT2D eigenvalue weighted by molar-refractivity contribution is 5.67. The van der Waals surface area contributed by atoms with Crippen LogP contribution in [0.25, 0.3) is 5.57 Å². The maximum Gasteiger partial charge on any atom is 0.0320 e. The second-order valence-electron chi connectivity index (χ2n) is 5.92. The molecule has 104 valence electrons. The molecule has 0 amide bonds. The van der Waals surface area contributed by atoms with Gasteiger partial charge in [-0.15, -0.1) is 0 Å². The summed E-state index contributed by atoms with van der Waals surface area (Å²) in [6.45, 7) is 8.63. The van der Waals surface area contributed by atoms with Crippen LogP contribution in [0, 0.1) is 0 Å². The van der Waals surface area contributed by atoms with Crippen LogP contribution in [0.4, 0.5) is 11.4 Å². The Hall–Kier alpha value is -2.22. The van der Waals surface area contributed by atoms with Gasteiger partial charge in [-0.3, -0.25) is 0 Å². The third-order valence-electron chi connectivity index (χ3n) is 3.62. The number of benzene rings is 2. The lowest BCUT2D eigenvalue weighted by atomic mass is 9.78. The third kappa shape index (κ3) is 3.21. The molecule has 2 nitrogen and oxygen atoms in total. The van der Waals surface area contributed by atoms with Gasteiger partial charge in [-0.1, -0.05) is 44.7 Å². The van der Waals surface area contributed by atoms with Gasteiger partial charge in [0.25, 0.3) is 0 Å². The number of nitrogens with two attached hydrogens (primary N) is 2. The molecule has 20 heavy (non-hydrogen) atoms. The van der Waals surface area contributed by atoms with Gasteiger partial charge in [0.1, 0.15) is 0 Å². The maximum atomic E-state index is 5.88. The van der Waals surface area contributed by atoms with Gasteiger partial charge < -0.3 is 11.5 Å². The van der Waals surface area contributed by atoms with Crippen LogP contribution in [-0.2, 0) is 5.41 Å². The predicted molar refractivity (Wildman–Crippen MR) is 88.4 cm³/mol. The van der Waals surface area contributed by atoms with E-state index in [0.717, 1.165) is 28.9 Å². The molecule has 0 aliphatic carbocycles. The van der Waals surface area contributed by atoms with E-state index in [0.29, 0.717) is 0 Å². The Morgan fingerprint density at radius 3 is 2.20 bits per heavy atom. The van der Waals surface area contributed by atoms with Crippen LogP contribution in [0.5, 0.6) is 0 Å². The summed E-state index contributed by atoms with van der Waals surface area (Å²) in [5.74, 6) is 0.